The number of aliphatic carboxylic acids is 1. The molecule has 35 heavy (non-hydrogen) atoms. The smallest absolute Gasteiger partial charge is 0.327 e. The fraction of sp³-hybridized carbons (Fsp3) is 0.581. The molecule has 1 aromatic carbocycles. The first-order valence-corrected chi connectivity index (χ1v) is 14.0. The van der Waals surface area contributed by atoms with E-state index < -0.39 is 5.97 Å². The predicted molar refractivity (Wildman–Crippen MR) is 144 cm³/mol. The predicted octanol–water partition coefficient (Wildman–Crippen LogP) is 8.52. The van der Waals surface area contributed by atoms with Crippen LogP contribution in [0.3, 0.4) is 0 Å². The maximum absolute atomic E-state index is 10.4. The van der Waals surface area contributed by atoms with Gasteiger partial charge in [0.1, 0.15) is 0 Å². The summed E-state index contributed by atoms with van der Waals surface area (Å²) in [5, 5.41) is 8.59. The van der Waals surface area contributed by atoms with E-state index in [-0.39, 0.29) is 0 Å². The molecule has 1 fully saturated rings. The maximum atomic E-state index is 10.4. The van der Waals surface area contributed by atoms with Crippen molar-refractivity contribution >= 4 is 5.97 Å². The number of unbranched alkanes of at least 4 members (excludes halogenated alkanes) is 7. The molecule has 1 aromatic heterocycles. The zero-order valence-electron chi connectivity index (χ0n) is 21.6. The van der Waals surface area contributed by atoms with E-state index in [1.165, 1.54) is 94.3 Å². The number of allylic oxidation sites excluding steroid dienone is 1. The molecule has 0 saturated heterocycles. The fourth-order valence-corrected chi connectivity index (χ4v) is 5.31. The van der Waals surface area contributed by atoms with Gasteiger partial charge in [0.2, 0.25) is 0 Å². The van der Waals surface area contributed by atoms with Crippen LogP contribution in [0.5, 0.6) is 0 Å². The van der Waals surface area contributed by atoms with Gasteiger partial charge < -0.3 is 5.11 Å². The highest BCUT2D eigenvalue weighted by Crippen LogP contribution is 2.38. The summed E-state index contributed by atoms with van der Waals surface area (Å²) in [5.74, 6) is 1.58. The van der Waals surface area contributed by atoms with Crippen molar-refractivity contribution in [2.24, 2.45) is 5.92 Å². The lowest BCUT2D eigenvalue weighted by molar-refractivity contribution is -0.131. The molecule has 0 atom stereocenters. The van der Waals surface area contributed by atoms with Gasteiger partial charge in [-0.15, -0.1) is 0 Å². The lowest BCUT2D eigenvalue weighted by atomic mass is 9.77. The monoisotopic (exact) mass is 476 g/mol. The summed E-state index contributed by atoms with van der Waals surface area (Å²) in [7, 11) is 0. The number of hydrogen-bond acceptors (Lipinski definition) is 3. The normalized spacial score (nSPS) is 18.2. The number of aromatic nitrogens is 2. The van der Waals surface area contributed by atoms with Gasteiger partial charge >= 0.3 is 5.97 Å². The minimum Gasteiger partial charge on any atom is -0.478 e. The second-order valence-electron chi connectivity index (χ2n) is 10.3. The first-order valence-electron chi connectivity index (χ1n) is 14.0. The number of carboxylic acid groups (broad SMARTS) is 1. The molecule has 0 amide bonds. The van der Waals surface area contributed by atoms with Crippen molar-refractivity contribution in [2.75, 3.05) is 0 Å². The summed E-state index contributed by atoms with van der Waals surface area (Å²) < 4.78 is 0. The van der Waals surface area contributed by atoms with Crippen LogP contribution in [0, 0.1) is 5.92 Å². The minimum atomic E-state index is -0.843. The molecule has 0 unspecified atom stereocenters. The molecule has 1 saturated carbocycles. The molecule has 0 spiro atoms. The van der Waals surface area contributed by atoms with Crippen LogP contribution in [0.1, 0.15) is 114 Å². The summed E-state index contributed by atoms with van der Waals surface area (Å²) in [5.41, 5.74) is 3.82. The van der Waals surface area contributed by atoms with Gasteiger partial charge in [-0.05, 0) is 74.3 Å². The summed E-state index contributed by atoms with van der Waals surface area (Å²) in [6.45, 7) is 2.23. The number of benzene rings is 1. The zero-order valence-corrected chi connectivity index (χ0v) is 21.6. The first-order chi connectivity index (χ1) is 17.2. The fourth-order valence-electron chi connectivity index (χ4n) is 5.31. The number of nitrogens with zero attached hydrogens (tertiary/aromatic N) is 2. The molecule has 1 aliphatic rings. The Morgan fingerprint density at radius 2 is 1.60 bits per heavy atom. The van der Waals surface area contributed by atoms with Crippen LogP contribution < -0.4 is 0 Å². The highest BCUT2D eigenvalue weighted by Gasteiger charge is 2.22. The summed E-state index contributed by atoms with van der Waals surface area (Å²) in [6.07, 6.45) is 25.6. The van der Waals surface area contributed by atoms with Crippen molar-refractivity contribution < 1.29 is 9.90 Å². The van der Waals surface area contributed by atoms with Crippen molar-refractivity contribution in [3.05, 3.63) is 59.9 Å². The molecule has 3 rings (SSSR count). The minimum absolute atomic E-state index is 0.695. The molecule has 4 heteroatoms. The van der Waals surface area contributed by atoms with Crippen molar-refractivity contribution in [1.29, 1.82) is 0 Å². The number of carboxylic acids is 1. The van der Waals surface area contributed by atoms with Gasteiger partial charge in [0, 0.05) is 24.0 Å². The number of rotatable bonds is 15. The highest BCUT2D eigenvalue weighted by atomic mass is 16.4. The van der Waals surface area contributed by atoms with Crippen LogP contribution >= 0.6 is 0 Å². The molecule has 2 aromatic rings. The van der Waals surface area contributed by atoms with Gasteiger partial charge in [0.15, 0.2) is 5.82 Å². The molecule has 4 nitrogen and oxygen atoms in total. The molecular formula is C31H44N2O2. The lowest BCUT2D eigenvalue weighted by Gasteiger charge is -2.29. The Balaban J connectivity index is 1.32. The SMILES string of the molecule is CCCCCc1cnc(-c2ccc(C3CCC(CCCCCCC/C=C/C(=O)O)CC3)cc2)nc1. The largest absolute Gasteiger partial charge is 0.478 e. The molecular weight excluding hydrogens is 432 g/mol. The van der Waals surface area contributed by atoms with Gasteiger partial charge in [-0.2, -0.15) is 0 Å². The van der Waals surface area contributed by atoms with E-state index in [9.17, 15) is 4.79 Å². The Labute approximate surface area is 212 Å². The highest BCUT2D eigenvalue weighted by molar-refractivity contribution is 5.79. The lowest BCUT2D eigenvalue weighted by Crippen LogP contribution is -2.13. The molecule has 0 radical (unpaired) electrons. The van der Waals surface area contributed by atoms with E-state index in [0.29, 0.717) is 5.92 Å². The Morgan fingerprint density at radius 1 is 0.914 bits per heavy atom. The number of hydrogen-bond donors (Lipinski definition) is 1. The van der Waals surface area contributed by atoms with E-state index in [1.807, 2.05) is 12.4 Å². The molecule has 1 aliphatic carbocycles. The van der Waals surface area contributed by atoms with Crippen LogP contribution in [0.15, 0.2) is 48.8 Å². The third kappa shape index (κ3) is 9.95. The summed E-state index contributed by atoms with van der Waals surface area (Å²) >= 11 is 0. The van der Waals surface area contributed by atoms with Crippen LogP contribution in [-0.2, 0) is 11.2 Å². The Hall–Kier alpha value is -2.49. The van der Waals surface area contributed by atoms with Crippen LogP contribution in [0.25, 0.3) is 11.4 Å². The van der Waals surface area contributed by atoms with E-state index >= 15 is 0 Å². The van der Waals surface area contributed by atoms with Gasteiger partial charge in [-0.25, -0.2) is 14.8 Å². The van der Waals surface area contributed by atoms with E-state index in [4.69, 9.17) is 5.11 Å². The van der Waals surface area contributed by atoms with Gasteiger partial charge in [-0.1, -0.05) is 82.2 Å². The van der Waals surface area contributed by atoms with E-state index in [0.717, 1.165) is 36.6 Å². The van der Waals surface area contributed by atoms with E-state index in [2.05, 4.69) is 41.2 Å². The first kappa shape index (κ1) is 27.1. The topological polar surface area (TPSA) is 63.1 Å². The third-order valence-corrected chi connectivity index (χ3v) is 7.50. The van der Waals surface area contributed by atoms with Crippen molar-refractivity contribution in [1.82, 2.24) is 9.97 Å². The Bertz CT molecular complexity index is 881. The van der Waals surface area contributed by atoms with Gasteiger partial charge in [0.25, 0.3) is 0 Å². The van der Waals surface area contributed by atoms with Crippen LogP contribution in [0.2, 0.25) is 0 Å². The second kappa shape index (κ2) is 15.5. The summed E-state index contributed by atoms with van der Waals surface area (Å²) in [6, 6.07) is 8.99. The van der Waals surface area contributed by atoms with Crippen molar-refractivity contribution in [3.8, 4) is 11.4 Å². The second-order valence-corrected chi connectivity index (χ2v) is 10.3. The standard InChI is InChI=1S/C31H44N2O2/c1-2-3-9-13-26-23-32-31(33-24-26)29-21-19-28(20-22-29)27-17-15-25(16-18-27)12-10-7-5-4-6-8-11-14-30(34)35/h11,14,19-25,27H,2-10,12-13,15-18H2,1H3,(H,34,35)/b14-11+. The average molecular weight is 477 g/mol. The molecule has 1 N–H and O–H groups in total. The number of carbonyl (C=O) groups is 1. The van der Waals surface area contributed by atoms with Crippen molar-refractivity contribution in [3.63, 3.8) is 0 Å². The number of aryl methyl sites for hydroxylation is 1. The third-order valence-electron chi connectivity index (χ3n) is 7.50. The quantitative estimate of drug-likeness (QED) is 0.207. The molecule has 190 valence electrons. The zero-order chi connectivity index (χ0) is 24.7. The van der Waals surface area contributed by atoms with Gasteiger partial charge in [-0.3, -0.25) is 0 Å². The van der Waals surface area contributed by atoms with Crippen molar-refractivity contribution in [2.45, 2.75) is 109 Å². The molecule has 1 heterocycles. The van der Waals surface area contributed by atoms with E-state index in [1.54, 1.807) is 6.08 Å². The van der Waals surface area contributed by atoms with Crippen LogP contribution in [0.4, 0.5) is 0 Å². The Morgan fingerprint density at radius 3 is 2.29 bits per heavy atom. The van der Waals surface area contributed by atoms with Crippen LogP contribution in [-0.4, -0.2) is 21.0 Å². The van der Waals surface area contributed by atoms with Gasteiger partial charge in [0.05, 0.1) is 0 Å². The molecule has 0 bridgehead atoms. The average Bonchev–Trinajstić information content (AvgIpc) is 2.89. The summed E-state index contributed by atoms with van der Waals surface area (Å²) in [4.78, 5) is 19.7. The maximum Gasteiger partial charge on any atom is 0.327 e. The molecule has 0 aliphatic heterocycles. The Kier molecular flexibility index (Phi) is 12.0.